The predicted molar refractivity (Wildman–Crippen MR) is 73.8 cm³/mol. The van der Waals surface area contributed by atoms with Crippen molar-refractivity contribution in [1.29, 1.82) is 0 Å². The number of ether oxygens (including phenoxy) is 1. The molecular weight excluding hydrogens is 228 g/mol. The van der Waals surface area contributed by atoms with E-state index in [2.05, 4.69) is 29.1 Å². The van der Waals surface area contributed by atoms with Gasteiger partial charge in [-0.25, -0.2) is 4.98 Å². The molecule has 0 saturated carbocycles. The summed E-state index contributed by atoms with van der Waals surface area (Å²) in [5.74, 6) is 0.878. The molecule has 0 bridgehead atoms. The van der Waals surface area contributed by atoms with Gasteiger partial charge in [0.15, 0.2) is 0 Å². The van der Waals surface area contributed by atoms with E-state index in [-0.39, 0.29) is 0 Å². The minimum Gasteiger partial charge on any atom is -0.380 e. The minimum absolute atomic E-state index is 0.459. The molecule has 1 N–H and O–H groups in total. The molecule has 1 rings (SSSR count). The van der Waals surface area contributed by atoms with E-state index in [1.54, 1.807) is 0 Å². The second-order valence-electron chi connectivity index (χ2n) is 4.52. The molecule has 102 valence electrons. The molecule has 0 atom stereocenters. The molecule has 0 radical (unpaired) electrons. The van der Waals surface area contributed by atoms with Crippen LogP contribution in [0.4, 0.5) is 5.82 Å². The second kappa shape index (κ2) is 8.00. The van der Waals surface area contributed by atoms with Crippen LogP contribution in [0, 0.1) is 0 Å². The van der Waals surface area contributed by atoms with E-state index in [1.807, 2.05) is 31.3 Å². The third-order valence-corrected chi connectivity index (χ3v) is 2.55. The van der Waals surface area contributed by atoms with Crippen LogP contribution in [0.2, 0.25) is 0 Å². The quantitative estimate of drug-likeness (QED) is 0.710. The van der Waals surface area contributed by atoms with Crippen LogP contribution >= 0.6 is 0 Å². The monoisotopic (exact) mass is 252 g/mol. The van der Waals surface area contributed by atoms with Gasteiger partial charge in [-0.15, -0.1) is 0 Å². The fraction of sp³-hybridized carbons (Fsp3) is 0.692. The highest BCUT2D eigenvalue weighted by Gasteiger charge is 2.03. The van der Waals surface area contributed by atoms with Crippen molar-refractivity contribution in [2.45, 2.75) is 33.4 Å². The van der Waals surface area contributed by atoms with Crippen molar-refractivity contribution in [3.63, 3.8) is 0 Å². The third-order valence-electron chi connectivity index (χ3n) is 2.55. The third kappa shape index (κ3) is 5.42. The van der Waals surface area contributed by atoms with E-state index in [0.717, 1.165) is 31.2 Å². The molecule has 0 unspecified atom stereocenters. The van der Waals surface area contributed by atoms with Gasteiger partial charge in [-0.2, -0.15) is 0 Å². The zero-order chi connectivity index (χ0) is 13.4. The Bertz CT molecular complexity index is 326. The Morgan fingerprint density at radius 3 is 2.67 bits per heavy atom. The molecule has 5 heteroatoms. The van der Waals surface area contributed by atoms with Crippen molar-refractivity contribution in [2.24, 2.45) is 0 Å². The zero-order valence-electron chi connectivity index (χ0n) is 11.8. The predicted octanol–water partition coefficient (Wildman–Crippen LogP) is 1.45. The molecule has 0 aliphatic heterocycles. The van der Waals surface area contributed by atoms with Gasteiger partial charge in [0, 0.05) is 32.8 Å². The number of hydrogen-bond donors (Lipinski definition) is 1. The maximum absolute atomic E-state index is 5.31. The number of hydrogen-bond acceptors (Lipinski definition) is 5. The number of nitrogens with one attached hydrogen (secondary N) is 1. The van der Waals surface area contributed by atoms with Gasteiger partial charge < -0.3 is 15.0 Å². The summed E-state index contributed by atoms with van der Waals surface area (Å²) in [6.07, 6.45) is 3.63. The van der Waals surface area contributed by atoms with E-state index in [9.17, 15) is 0 Å². The van der Waals surface area contributed by atoms with Crippen LogP contribution in [-0.4, -0.2) is 42.8 Å². The minimum atomic E-state index is 0.459. The Morgan fingerprint density at radius 1 is 1.33 bits per heavy atom. The lowest BCUT2D eigenvalue weighted by Gasteiger charge is -2.17. The summed E-state index contributed by atoms with van der Waals surface area (Å²) in [6, 6.07) is 0.459. The Labute approximate surface area is 110 Å². The lowest BCUT2D eigenvalue weighted by molar-refractivity contribution is 0.154. The number of aromatic nitrogens is 2. The van der Waals surface area contributed by atoms with E-state index in [0.29, 0.717) is 12.6 Å². The summed E-state index contributed by atoms with van der Waals surface area (Å²) in [5, 5.41) is 3.32. The first-order chi connectivity index (χ1) is 8.63. The summed E-state index contributed by atoms with van der Waals surface area (Å²) in [6.45, 7) is 9.27. The standard InChI is InChI=1S/C13H24N4O/c1-5-18-7-6-17(4)13-10-15-12(9-16-13)8-14-11(2)3/h9-11,14H,5-8H2,1-4H3. The van der Waals surface area contributed by atoms with Gasteiger partial charge in [-0.1, -0.05) is 13.8 Å². The van der Waals surface area contributed by atoms with Gasteiger partial charge in [-0.3, -0.25) is 4.98 Å². The van der Waals surface area contributed by atoms with E-state index in [1.165, 1.54) is 0 Å². The number of nitrogens with zero attached hydrogens (tertiary/aromatic N) is 3. The lowest BCUT2D eigenvalue weighted by Crippen LogP contribution is -2.25. The summed E-state index contributed by atoms with van der Waals surface area (Å²) in [5.41, 5.74) is 0.964. The molecule has 1 aromatic heterocycles. The molecule has 18 heavy (non-hydrogen) atoms. The van der Waals surface area contributed by atoms with E-state index < -0.39 is 0 Å². The molecule has 0 amide bonds. The van der Waals surface area contributed by atoms with Gasteiger partial charge in [0.05, 0.1) is 24.7 Å². The maximum atomic E-state index is 5.31. The fourth-order valence-corrected chi connectivity index (χ4v) is 1.41. The summed E-state index contributed by atoms with van der Waals surface area (Å²) < 4.78 is 5.31. The van der Waals surface area contributed by atoms with Crippen molar-refractivity contribution in [1.82, 2.24) is 15.3 Å². The topological polar surface area (TPSA) is 50.3 Å². The molecular formula is C13H24N4O. The molecule has 5 nitrogen and oxygen atoms in total. The Balaban J connectivity index is 2.43. The van der Waals surface area contributed by atoms with Gasteiger partial charge in [0.1, 0.15) is 5.82 Å². The largest absolute Gasteiger partial charge is 0.380 e. The Hall–Kier alpha value is -1.20. The number of likely N-dealkylation sites (N-methyl/N-ethyl adjacent to an activating group) is 1. The molecule has 0 aliphatic carbocycles. The summed E-state index contributed by atoms with van der Waals surface area (Å²) in [4.78, 5) is 10.8. The van der Waals surface area contributed by atoms with Crippen LogP contribution in [0.25, 0.3) is 0 Å². The normalized spacial score (nSPS) is 10.9. The van der Waals surface area contributed by atoms with E-state index >= 15 is 0 Å². The highest BCUT2D eigenvalue weighted by Crippen LogP contribution is 2.06. The fourth-order valence-electron chi connectivity index (χ4n) is 1.41. The Morgan fingerprint density at radius 2 is 2.11 bits per heavy atom. The Kier molecular flexibility index (Phi) is 6.60. The first-order valence-electron chi connectivity index (χ1n) is 6.46. The lowest BCUT2D eigenvalue weighted by atomic mass is 10.3. The zero-order valence-corrected chi connectivity index (χ0v) is 11.8. The van der Waals surface area contributed by atoms with Crippen LogP contribution in [0.1, 0.15) is 26.5 Å². The molecule has 0 aliphatic rings. The van der Waals surface area contributed by atoms with Crippen molar-refractivity contribution in [2.75, 3.05) is 31.7 Å². The summed E-state index contributed by atoms with van der Waals surface area (Å²) >= 11 is 0. The van der Waals surface area contributed by atoms with Crippen molar-refractivity contribution < 1.29 is 4.74 Å². The second-order valence-corrected chi connectivity index (χ2v) is 4.52. The molecule has 1 aromatic rings. The maximum Gasteiger partial charge on any atom is 0.146 e. The van der Waals surface area contributed by atoms with Crippen molar-refractivity contribution >= 4 is 5.82 Å². The van der Waals surface area contributed by atoms with Gasteiger partial charge in [0.2, 0.25) is 0 Å². The molecule has 0 saturated heterocycles. The number of rotatable bonds is 8. The molecule has 0 spiro atoms. The van der Waals surface area contributed by atoms with Crippen LogP contribution in [-0.2, 0) is 11.3 Å². The SMILES string of the molecule is CCOCCN(C)c1cnc(CNC(C)C)cn1. The van der Waals surface area contributed by atoms with Gasteiger partial charge in [-0.05, 0) is 6.92 Å². The van der Waals surface area contributed by atoms with E-state index in [4.69, 9.17) is 4.74 Å². The van der Waals surface area contributed by atoms with Crippen LogP contribution < -0.4 is 10.2 Å². The molecule has 1 heterocycles. The number of anilines is 1. The van der Waals surface area contributed by atoms with Crippen molar-refractivity contribution in [3.8, 4) is 0 Å². The summed E-state index contributed by atoms with van der Waals surface area (Å²) in [7, 11) is 2.00. The van der Waals surface area contributed by atoms with Gasteiger partial charge in [0.25, 0.3) is 0 Å². The van der Waals surface area contributed by atoms with Crippen LogP contribution in [0.3, 0.4) is 0 Å². The average molecular weight is 252 g/mol. The molecule has 0 fully saturated rings. The van der Waals surface area contributed by atoms with Crippen LogP contribution in [0.5, 0.6) is 0 Å². The first-order valence-corrected chi connectivity index (χ1v) is 6.46. The van der Waals surface area contributed by atoms with Crippen LogP contribution in [0.15, 0.2) is 12.4 Å². The van der Waals surface area contributed by atoms with Crippen molar-refractivity contribution in [3.05, 3.63) is 18.1 Å². The van der Waals surface area contributed by atoms with Gasteiger partial charge >= 0.3 is 0 Å². The smallest absolute Gasteiger partial charge is 0.146 e. The highest BCUT2D eigenvalue weighted by atomic mass is 16.5. The first kappa shape index (κ1) is 14.9. The highest BCUT2D eigenvalue weighted by molar-refractivity contribution is 5.34. The average Bonchev–Trinajstić information content (AvgIpc) is 2.37. The molecule has 0 aromatic carbocycles.